The molecule has 0 spiro atoms. The first-order chi connectivity index (χ1) is 7.97. The number of carbonyl (C=O) groups excluding carboxylic acids is 2. The zero-order valence-corrected chi connectivity index (χ0v) is 9.77. The van der Waals surface area contributed by atoms with Gasteiger partial charge in [-0.15, -0.1) is 0 Å². The number of carboxylic acids is 1. The van der Waals surface area contributed by atoms with Crippen LogP contribution in [0, 0.1) is 0 Å². The van der Waals surface area contributed by atoms with Crippen LogP contribution in [0.1, 0.15) is 25.7 Å². The van der Waals surface area contributed by atoms with Gasteiger partial charge in [-0.25, -0.2) is 4.79 Å². The fraction of sp³-hybridized carbons (Fsp3) is 0.700. The van der Waals surface area contributed by atoms with Crippen LogP contribution in [-0.2, 0) is 19.1 Å². The van der Waals surface area contributed by atoms with Crippen molar-refractivity contribution in [2.75, 3.05) is 13.7 Å². The Morgan fingerprint density at radius 1 is 1.35 bits per heavy atom. The van der Waals surface area contributed by atoms with Crippen molar-refractivity contribution in [1.82, 2.24) is 5.32 Å². The Kier molecular flexibility index (Phi) is 7.70. The molecule has 0 rings (SSSR count). The number of carbonyl (C=O) groups is 3. The number of nitrogens with one attached hydrogen (secondary N) is 1. The van der Waals surface area contributed by atoms with E-state index in [1.54, 1.807) is 0 Å². The van der Waals surface area contributed by atoms with Gasteiger partial charge in [0.15, 0.2) is 0 Å². The van der Waals surface area contributed by atoms with E-state index in [0.29, 0.717) is 13.0 Å². The Hall–Kier alpha value is -1.63. The van der Waals surface area contributed by atoms with Gasteiger partial charge in [0.2, 0.25) is 11.8 Å². The number of amides is 2. The van der Waals surface area contributed by atoms with Crippen molar-refractivity contribution in [3.63, 3.8) is 0 Å². The number of hydrogen-bond acceptors (Lipinski definition) is 4. The Bertz CT molecular complexity index is 280. The molecule has 0 aromatic rings. The lowest BCUT2D eigenvalue weighted by molar-refractivity contribution is -0.142. The van der Waals surface area contributed by atoms with Crippen molar-refractivity contribution < 1.29 is 24.2 Å². The van der Waals surface area contributed by atoms with Gasteiger partial charge in [0.25, 0.3) is 0 Å². The lowest BCUT2D eigenvalue weighted by atomic mass is 10.1. The summed E-state index contributed by atoms with van der Waals surface area (Å²) < 4.78 is 4.77. The van der Waals surface area contributed by atoms with E-state index in [0.717, 1.165) is 0 Å². The summed E-state index contributed by atoms with van der Waals surface area (Å²) in [4.78, 5) is 32.6. The summed E-state index contributed by atoms with van der Waals surface area (Å²) in [5.74, 6) is -2.14. The number of primary amides is 1. The van der Waals surface area contributed by atoms with Gasteiger partial charge in [-0.05, 0) is 12.8 Å². The zero-order chi connectivity index (χ0) is 13.3. The normalized spacial score (nSPS) is 11.8. The predicted octanol–water partition coefficient (Wildman–Crippen LogP) is -0.752. The summed E-state index contributed by atoms with van der Waals surface area (Å²) >= 11 is 0. The van der Waals surface area contributed by atoms with Crippen molar-refractivity contribution in [1.29, 1.82) is 0 Å². The molecule has 17 heavy (non-hydrogen) atoms. The smallest absolute Gasteiger partial charge is 0.326 e. The van der Waals surface area contributed by atoms with E-state index in [2.05, 4.69) is 5.32 Å². The molecule has 4 N–H and O–H groups in total. The summed E-state index contributed by atoms with van der Waals surface area (Å²) in [6.07, 6.45) is 0.634. The third kappa shape index (κ3) is 8.21. The summed E-state index contributed by atoms with van der Waals surface area (Å²) in [5.41, 5.74) is 4.91. The second kappa shape index (κ2) is 8.51. The Balaban J connectivity index is 4.02. The first-order valence-electron chi connectivity index (χ1n) is 5.26. The Labute approximate surface area is 99.3 Å². The number of carboxylic acid groups (broad SMARTS) is 1. The maximum absolute atomic E-state index is 11.3. The highest BCUT2D eigenvalue weighted by molar-refractivity contribution is 5.84. The minimum Gasteiger partial charge on any atom is -0.480 e. The molecule has 7 nitrogen and oxygen atoms in total. The second-order valence-corrected chi connectivity index (χ2v) is 3.56. The Morgan fingerprint density at radius 3 is 2.47 bits per heavy atom. The van der Waals surface area contributed by atoms with Crippen LogP contribution < -0.4 is 11.1 Å². The van der Waals surface area contributed by atoms with Crippen LogP contribution in [0.2, 0.25) is 0 Å². The maximum atomic E-state index is 11.3. The van der Waals surface area contributed by atoms with Gasteiger partial charge < -0.3 is 20.9 Å². The quantitative estimate of drug-likeness (QED) is 0.462. The molecule has 1 atom stereocenters. The Morgan fingerprint density at radius 2 is 2.00 bits per heavy atom. The lowest BCUT2D eigenvalue weighted by Crippen LogP contribution is -2.41. The second-order valence-electron chi connectivity index (χ2n) is 3.56. The van der Waals surface area contributed by atoms with Gasteiger partial charge in [-0.2, -0.15) is 0 Å². The molecule has 0 aliphatic heterocycles. The van der Waals surface area contributed by atoms with E-state index in [1.165, 1.54) is 7.11 Å². The first kappa shape index (κ1) is 15.4. The van der Waals surface area contributed by atoms with Gasteiger partial charge in [0, 0.05) is 26.6 Å². The van der Waals surface area contributed by atoms with Gasteiger partial charge in [0.1, 0.15) is 6.04 Å². The van der Waals surface area contributed by atoms with Crippen molar-refractivity contribution in [3.05, 3.63) is 0 Å². The molecule has 0 aromatic carbocycles. The summed E-state index contributed by atoms with van der Waals surface area (Å²) in [7, 11) is 1.52. The summed E-state index contributed by atoms with van der Waals surface area (Å²) in [5, 5.41) is 11.1. The molecule has 0 saturated heterocycles. The van der Waals surface area contributed by atoms with Crippen LogP contribution in [0.15, 0.2) is 0 Å². The van der Waals surface area contributed by atoms with Crippen molar-refractivity contribution in [2.45, 2.75) is 31.7 Å². The predicted molar refractivity (Wildman–Crippen MR) is 59.1 cm³/mol. The van der Waals surface area contributed by atoms with Crippen molar-refractivity contribution >= 4 is 17.8 Å². The number of hydrogen-bond donors (Lipinski definition) is 3. The van der Waals surface area contributed by atoms with Crippen LogP contribution >= 0.6 is 0 Å². The average molecular weight is 246 g/mol. The van der Waals surface area contributed by atoms with Gasteiger partial charge in [0.05, 0.1) is 0 Å². The number of rotatable bonds is 9. The standard InChI is InChI=1S/C10H18N2O5/c1-17-6-2-3-9(14)12-7(10(15)16)4-5-8(11)13/h7H,2-6H2,1H3,(H2,11,13)(H,12,14)(H,15,16)/t7-/m1/s1. The minimum absolute atomic E-state index is 0.000679. The number of aliphatic carboxylic acids is 1. The molecular weight excluding hydrogens is 228 g/mol. The van der Waals surface area contributed by atoms with E-state index in [1.807, 2.05) is 0 Å². The molecule has 2 amide bonds. The largest absolute Gasteiger partial charge is 0.480 e. The maximum Gasteiger partial charge on any atom is 0.326 e. The molecule has 7 heteroatoms. The SMILES string of the molecule is COCCCC(=O)N[C@H](CCC(N)=O)C(=O)O. The highest BCUT2D eigenvalue weighted by Crippen LogP contribution is 1.99. The van der Waals surface area contributed by atoms with Crippen molar-refractivity contribution in [3.8, 4) is 0 Å². The molecule has 0 fully saturated rings. The molecule has 0 bridgehead atoms. The van der Waals surface area contributed by atoms with Gasteiger partial charge in [-0.3, -0.25) is 9.59 Å². The third-order valence-corrected chi connectivity index (χ3v) is 2.07. The minimum atomic E-state index is -1.17. The molecule has 0 aliphatic carbocycles. The van der Waals surface area contributed by atoms with Gasteiger partial charge >= 0.3 is 5.97 Å². The molecule has 0 unspecified atom stereocenters. The monoisotopic (exact) mass is 246 g/mol. The average Bonchev–Trinajstić information content (AvgIpc) is 2.23. The van der Waals surface area contributed by atoms with Crippen LogP contribution in [-0.4, -0.2) is 42.6 Å². The van der Waals surface area contributed by atoms with E-state index in [-0.39, 0.29) is 25.2 Å². The fourth-order valence-corrected chi connectivity index (χ4v) is 1.19. The summed E-state index contributed by atoms with van der Waals surface area (Å²) in [6, 6.07) is -1.07. The highest BCUT2D eigenvalue weighted by Gasteiger charge is 2.19. The van der Waals surface area contributed by atoms with Crippen molar-refractivity contribution in [2.24, 2.45) is 5.73 Å². The molecule has 0 radical (unpaired) electrons. The first-order valence-corrected chi connectivity index (χ1v) is 5.26. The molecule has 0 saturated carbocycles. The van der Waals surface area contributed by atoms with E-state index in [9.17, 15) is 14.4 Å². The molecule has 0 heterocycles. The van der Waals surface area contributed by atoms with Crippen LogP contribution in [0.4, 0.5) is 0 Å². The van der Waals surface area contributed by atoms with E-state index in [4.69, 9.17) is 15.6 Å². The zero-order valence-electron chi connectivity index (χ0n) is 9.77. The molecular formula is C10H18N2O5. The summed E-state index contributed by atoms with van der Waals surface area (Å²) in [6.45, 7) is 0.437. The molecule has 0 aliphatic rings. The third-order valence-electron chi connectivity index (χ3n) is 2.07. The lowest BCUT2D eigenvalue weighted by Gasteiger charge is -2.13. The molecule has 98 valence electrons. The number of methoxy groups -OCH3 is 1. The van der Waals surface area contributed by atoms with Gasteiger partial charge in [-0.1, -0.05) is 0 Å². The van der Waals surface area contributed by atoms with Crippen LogP contribution in [0.25, 0.3) is 0 Å². The number of ether oxygens (including phenoxy) is 1. The number of nitrogens with two attached hydrogens (primary N) is 1. The van der Waals surface area contributed by atoms with E-state index >= 15 is 0 Å². The topological polar surface area (TPSA) is 119 Å². The van der Waals surface area contributed by atoms with Crippen LogP contribution in [0.5, 0.6) is 0 Å². The van der Waals surface area contributed by atoms with Crippen LogP contribution in [0.3, 0.4) is 0 Å². The molecule has 0 aromatic heterocycles. The fourth-order valence-electron chi connectivity index (χ4n) is 1.19. The van der Waals surface area contributed by atoms with E-state index < -0.39 is 17.9 Å². The highest BCUT2D eigenvalue weighted by atomic mass is 16.5.